The van der Waals surface area contributed by atoms with Gasteiger partial charge < -0.3 is 15.4 Å². The Kier molecular flexibility index (Phi) is 7.00. The third-order valence-electron chi connectivity index (χ3n) is 5.62. The van der Waals surface area contributed by atoms with E-state index in [0.29, 0.717) is 5.56 Å². The summed E-state index contributed by atoms with van der Waals surface area (Å²) in [6.07, 6.45) is 1.18. The lowest BCUT2D eigenvalue weighted by Gasteiger charge is -2.43. The summed E-state index contributed by atoms with van der Waals surface area (Å²) >= 11 is 2.02. The molecular formula is C20H31FN4OS. The summed E-state index contributed by atoms with van der Waals surface area (Å²) in [7, 11) is 1.78. The molecule has 2 N–H and O–H groups in total. The molecule has 7 heteroatoms. The van der Waals surface area contributed by atoms with E-state index in [0.717, 1.165) is 50.1 Å². The Balaban J connectivity index is 1.61. The van der Waals surface area contributed by atoms with Crippen LogP contribution in [0.25, 0.3) is 0 Å². The van der Waals surface area contributed by atoms with E-state index >= 15 is 0 Å². The standard InChI is InChI=1S/C20H31FN4OS/c1-15-4-5-17(12-18(15)21)16(2)24-19(22-3)23-13-20(6-11-27-14-20)25-7-9-26-10-8-25/h4-5,12,16H,6-11,13-14H2,1-3H3,(H2,22,23,24). The van der Waals surface area contributed by atoms with Crippen LogP contribution in [0.3, 0.4) is 0 Å². The van der Waals surface area contributed by atoms with E-state index in [1.54, 1.807) is 20.0 Å². The molecule has 2 atom stereocenters. The molecule has 0 radical (unpaired) electrons. The van der Waals surface area contributed by atoms with Crippen molar-refractivity contribution in [1.82, 2.24) is 15.5 Å². The minimum atomic E-state index is -0.168. The lowest BCUT2D eigenvalue weighted by molar-refractivity contribution is -0.0120. The monoisotopic (exact) mass is 394 g/mol. The van der Waals surface area contributed by atoms with E-state index in [4.69, 9.17) is 4.74 Å². The number of nitrogens with zero attached hydrogens (tertiary/aromatic N) is 2. The zero-order valence-corrected chi connectivity index (χ0v) is 17.4. The third kappa shape index (κ3) is 4.95. The number of nitrogens with one attached hydrogen (secondary N) is 2. The molecule has 0 amide bonds. The number of thioether (sulfide) groups is 1. The van der Waals surface area contributed by atoms with Gasteiger partial charge in [0.05, 0.1) is 19.3 Å². The van der Waals surface area contributed by atoms with Crippen LogP contribution in [0.4, 0.5) is 4.39 Å². The van der Waals surface area contributed by atoms with Gasteiger partial charge in [-0.1, -0.05) is 12.1 Å². The predicted octanol–water partition coefficient (Wildman–Crippen LogP) is 2.57. The van der Waals surface area contributed by atoms with E-state index in [-0.39, 0.29) is 17.4 Å². The van der Waals surface area contributed by atoms with Gasteiger partial charge in [0.25, 0.3) is 0 Å². The van der Waals surface area contributed by atoms with Crippen molar-refractivity contribution < 1.29 is 9.13 Å². The number of aliphatic imine (C=N–C) groups is 1. The van der Waals surface area contributed by atoms with Crippen LogP contribution in [0.15, 0.2) is 23.2 Å². The van der Waals surface area contributed by atoms with Crippen molar-refractivity contribution in [2.24, 2.45) is 4.99 Å². The molecule has 0 aromatic heterocycles. The number of guanidine groups is 1. The molecule has 0 aliphatic carbocycles. The van der Waals surface area contributed by atoms with Gasteiger partial charge in [0.15, 0.2) is 5.96 Å². The smallest absolute Gasteiger partial charge is 0.191 e. The van der Waals surface area contributed by atoms with Crippen LogP contribution in [0, 0.1) is 12.7 Å². The first-order valence-electron chi connectivity index (χ1n) is 9.68. The summed E-state index contributed by atoms with van der Waals surface area (Å²) in [5.41, 5.74) is 1.74. The zero-order chi connectivity index (χ0) is 19.3. The average Bonchev–Trinajstić information content (AvgIpc) is 3.18. The molecule has 2 heterocycles. The van der Waals surface area contributed by atoms with Crippen molar-refractivity contribution in [2.45, 2.75) is 31.8 Å². The highest BCUT2D eigenvalue weighted by atomic mass is 32.2. The van der Waals surface area contributed by atoms with Gasteiger partial charge in [0, 0.05) is 38.0 Å². The SMILES string of the molecule is CN=C(NCC1(N2CCOCC2)CCSC1)NC(C)c1ccc(C)c(F)c1. The predicted molar refractivity (Wildman–Crippen MR) is 111 cm³/mol. The van der Waals surface area contributed by atoms with Gasteiger partial charge in [-0.25, -0.2) is 4.39 Å². The van der Waals surface area contributed by atoms with Gasteiger partial charge in [-0.05, 0) is 43.2 Å². The van der Waals surface area contributed by atoms with Crippen molar-refractivity contribution >= 4 is 17.7 Å². The van der Waals surface area contributed by atoms with Crippen molar-refractivity contribution in [1.29, 1.82) is 0 Å². The molecular weight excluding hydrogens is 363 g/mol. The second kappa shape index (κ2) is 9.26. The Hall–Kier alpha value is -1.31. The lowest BCUT2D eigenvalue weighted by atomic mass is 9.95. The van der Waals surface area contributed by atoms with Gasteiger partial charge in [-0.2, -0.15) is 11.8 Å². The summed E-state index contributed by atoms with van der Waals surface area (Å²) in [5.74, 6) is 2.92. The molecule has 1 aromatic carbocycles. The second-order valence-electron chi connectivity index (χ2n) is 7.43. The number of benzene rings is 1. The van der Waals surface area contributed by atoms with Crippen LogP contribution in [0.2, 0.25) is 0 Å². The molecule has 0 spiro atoms. The Morgan fingerprint density at radius 3 is 2.81 bits per heavy atom. The van der Waals surface area contributed by atoms with Gasteiger partial charge in [-0.15, -0.1) is 0 Å². The molecule has 150 valence electrons. The first-order chi connectivity index (χ1) is 13.0. The highest BCUT2D eigenvalue weighted by Gasteiger charge is 2.40. The maximum absolute atomic E-state index is 13.9. The molecule has 3 rings (SSSR count). The molecule has 2 fully saturated rings. The van der Waals surface area contributed by atoms with Gasteiger partial charge in [0.2, 0.25) is 0 Å². The lowest BCUT2D eigenvalue weighted by Crippen LogP contribution is -2.60. The van der Waals surface area contributed by atoms with E-state index < -0.39 is 0 Å². The fraction of sp³-hybridized carbons (Fsp3) is 0.650. The highest BCUT2D eigenvalue weighted by molar-refractivity contribution is 7.99. The largest absolute Gasteiger partial charge is 0.379 e. The fourth-order valence-corrected chi connectivity index (χ4v) is 5.22. The van der Waals surface area contributed by atoms with Crippen molar-refractivity contribution in [3.05, 3.63) is 35.1 Å². The van der Waals surface area contributed by atoms with Crippen LogP contribution in [0.1, 0.15) is 30.5 Å². The Morgan fingerprint density at radius 2 is 2.19 bits per heavy atom. The summed E-state index contributed by atoms with van der Waals surface area (Å²) in [5, 5.41) is 6.92. The fourth-order valence-electron chi connectivity index (χ4n) is 3.74. The third-order valence-corrected chi connectivity index (χ3v) is 6.86. The van der Waals surface area contributed by atoms with Crippen LogP contribution in [0.5, 0.6) is 0 Å². The quantitative estimate of drug-likeness (QED) is 0.594. The maximum atomic E-state index is 13.9. The van der Waals surface area contributed by atoms with Crippen molar-refractivity contribution in [3.8, 4) is 0 Å². The molecule has 0 saturated carbocycles. The van der Waals surface area contributed by atoms with Crippen LogP contribution in [-0.2, 0) is 4.74 Å². The molecule has 5 nitrogen and oxygen atoms in total. The van der Waals surface area contributed by atoms with Crippen LogP contribution in [-0.4, -0.2) is 67.8 Å². The number of rotatable bonds is 5. The summed E-state index contributed by atoms with van der Waals surface area (Å²) < 4.78 is 19.4. The van der Waals surface area contributed by atoms with Crippen molar-refractivity contribution in [2.75, 3.05) is 51.4 Å². The van der Waals surface area contributed by atoms with Gasteiger partial charge in [0.1, 0.15) is 5.82 Å². The summed E-state index contributed by atoms with van der Waals surface area (Å²) in [6.45, 7) is 8.28. The van der Waals surface area contributed by atoms with Gasteiger partial charge in [-0.3, -0.25) is 9.89 Å². The number of ether oxygens (including phenoxy) is 1. The summed E-state index contributed by atoms with van der Waals surface area (Å²) in [4.78, 5) is 6.96. The average molecular weight is 395 g/mol. The molecule has 1 aromatic rings. The first-order valence-corrected chi connectivity index (χ1v) is 10.8. The molecule has 2 aliphatic heterocycles. The molecule has 2 unspecified atom stereocenters. The number of morpholine rings is 1. The second-order valence-corrected chi connectivity index (χ2v) is 8.53. The normalized spacial score (nSPS) is 25.4. The van der Waals surface area contributed by atoms with Crippen LogP contribution < -0.4 is 10.6 Å². The van der Waals surface area contributed by atoms with Crippen LogP contribution >= 0.6 is 11.8 Å². The maximum Gasteiger partial charge on any atom is 0.191 e. The minimum absolute atomic E-state index is 0.0245. The van der Waals surface area contributed by atoms with Crippen molar-refractivity contribution in [3.63, 3.8) is 0 Å². The molecule has 27 heavy (non-hydrogen) atoms. The Morgan fingerprint density at radius 1 is 1.41 bits per heavy atom. The number of hydrogen-bond donors (Lipinski definition) is 2. The molecule has 2 aliphatic rings. The summed E-state index contributed by atoms with van der Waals surface area (Å²) in [6, 6.07) is 5.36. The highest BCUT2D eigenvalue weighted by Crippen LogP contribution is 2.33. The minimum Gasteiger partial charge on any atom is -0.379 e. The molecule has 0 bridgehead atoms. The topological polar surface area (TPSA) is 48.9 Å². The number of halogens is 1. The number of aryl methyl sites for hydroxylation is 1. The van der Waals surface area contributed by atoms with E-state index in [1.165, 1.54) is 12.2 Å². The zero-order valence-electron chi connectivity index (χ0n) is 16.6. The molecule has 2 saturated heterocycles. The van der Waals surface area contributed by atoms with Gasteiger partial charge >= 0.3 is 0 Å². The van der Waals surface area contributed by atoms with E-state index in [1.807, 2.05) is 30.8 Å². The van der Waals surface area contributed by atoms with E-state index in [9.17, 15) is 4.39 Å². The Bertz CT molecular complexity index is 657. The number of hydrogen-bond acceptors (Lipinski definition) is 4. The van der Waals surface area contributed by atoms with E-state index in [2.05, 4.69) is 20.5 Å². The Labute approximate surface area is 166 Å². The first kappa shape index (κ1) is 20.4.